The van der Waals surface area contributed by atoms with Crippen LogP contribution < -0.4 is 5.73 Å². The fourth-order valence-electron chi connectivity index (χ4n) is 5.63. The SMILES string of the molecule is CCCCC/C=C/C/C=C/C/C=C/C/C=C/CCCCCC(=O)O[C@H](COC(=O)CC/C=C/CCCCCCCCCCCCC)COP(=O)(O)OCCN. The third-order valence-electron chi connectivity index (χ3n) is 8.89. The Hall–Kier alpha value is -2.29. The summed E-state index contributed by atoms with van der Waals surface area (Å²) in [6.45, 7) is 3.62. The van der Waals surface area contributed by atoms with E-state index in [2.05, 4.69) is 68.5 Å². The molecular formula is C45H80NO8P. The van der Waals surface area contributed by atoms with E-state index in [1.165, 1.54) is 89.9 Å². The highest BCUT2D eigenvalue weighted by Crippen LogP contribution is 2.43. The molecule has 0 aliphatic rings. The summed E-state index contributed by atoms with van der Waals surface area (Å²) in [6.07, 6.45) is 48.3. The van der Waals surface area contributed by atoms with Crippen LogP contribution in [0.1, 0.15) is 181 Å². The number of carbonyl (C=O) groups is 2. The van der Waals surface area contributed by atoms with Gasteiger partial charge in [-0.15, -0.1) is 0 Å². The third kappa shape index (κ3) is 41.2. The van der Waals surface area contributed by atoms with Gasteiger partial charge in [-0.1, -0.05) is 158 Å². The van der Waals surface area contributed by atoms with Crippen LogP contribution in [-0.4, -0.2) is 49.3 Å². The summed E-state index contributed by atoms with van der Waals surface area (Å²) in [6, 6.07) is 0. The Morgan fingerprint density at radius 2 is 0.982 bits per heavy atom. The molecule has 55 heavy (non-hydrogen) atoms. The second kappa shape index (κ2) is 41.3. The van der Waals surface area contributed by atoms with Crippen molar-refractivity contribution in [3.63, 3.8) is 0 Å². The average Bonchev–Trinajstić information content (AvgIpc) is 3.17. The number of phosphoric acid groups is 1. The van der Waals surface area contributed by atoms with Gasteiger partial charge in [0.05, 0.1) is 13.2 Å². The lowest BCUT2D eigenvalue weighted by molar-refractivity contribution is -0.161. The number of phosphoric ester groups is 1. The van der Waals surface area contributed by atoms with Gasteiger partial charge in [0.2, 0.25) is 0 Å². The fourth-order valence-corrected chi connectivity index (χ4v) is 6.40. The molecule has 0 aromatic rings. The standard InChI is InChI=1S/C45H80NO8P/c1-3-5-7-9-11-13-15-17-19-20-21-22-24-26-28-30-32-34-36-38-45(48)54-43(42-53-55(49,50)52-40-39-46)41-51-44(47)37-35-33-31-29-27-25-23-18-16-14-12-10-8-6-4-2/h11,13,17,19,21-22,26,28,31,33,43H,3-10,12,14-16,18,20,23-25,27,29-30,32,34-42,46H2,1-2H3,(H,49,50)/b13-11+,19-17+,22-21+,28-26+,33-31+/t43-/m1/s1. The molecule has 318 valence electrons. The van der Waals surface area contributed by atoms with E-state index >= 15 is 0 Å². The molecular weight excluding hydrogens is 713 g/mol. The van der Waals surface area contributed by atoms with Gasteiger partial charge in [0, 0.05) is 19.4 Å². The number of carbonyl (C=O) groups excluding carboxylic acids is 2. The van der Waals surface area contributed by atoms with Crippen molar-refractivity contribution in [1.82, 2.24) is 0 Å². The van der Waals surface area contributed by atoms with Crippen molar-refractivity contribution in [3.8, 4) is 0 Å². The minimum absolute atomic E-state index is 0.0418. The highest BCUT2D eigenvalue weighted by Gasteiger charge is 2.25. The summed E-state index contributed by atoms with van der Waals surface area (Å²) >= 11 is 0. The van der Waals surface area contributed by atoms with Crippen LogP contribution in [-0.2, 0) is 32.7 Å². The minimum Gasteiger partial charge on any atom is -0.462 e. The van der Waals surface area contributed by atoms with Crippen molar-refractivity contribution in [1.29, 1.82) is 0 Å². The first-order chi connectivity index (χ1) is 26.8. The smallest absolute Gasteiger partial charge is 0.462 e. The molecule has 10 heteroatoms. The molecule has 0 aliphatic heterocycles. The van der Waals surface area contributed by atoms with Gasteiger partial charge in [0.25, 0.3) is 0 Å². The number of hydrogen-bond donors (Lipinski definition) is 2. The number of ether oxygens (including phenoxy) is 2. The molecule has 2 atom stereocenters. The molecule has 0 saturated carbocycles. The Bertz CT molecular complexity index is 1090. The summed E-state index contributed by atoms with van der Waals surface area (Å²) in [5.74, 6) is -0.924. The molecule has 0 fully saturated rings. The van der Waals surface area contributed by atoms with Gasteiger partial charge in [0.1, 0.15) is 6.61 Å². The predicted octanol–water partition coefficient (Wildman–Crippen LogP) is 12.5. The number of esters is 2. The molecule has 0 aromatic carbocycles. The van der Waals surface area contributed by atoms with Crippen molar-refractivity contribution < 1.29 is 37.6 Å². The van der Waals surface area contributed by atoms with Crippen LogP contribution in [0.4, 0.5) is 0 Å². The molecule has 0 saturated heterocycles. The van der Waals surface area contributed by atoms with Crippen LogP contribution in [0.5, 0.6) is 0 Å². The molecule has 0 aromatic heterocycles. The summed E-state index contributed by atoms with van der Waals surface area (Å²) in [7, 11) is -4.39. The highest BCUT2D eigenvalue weighted by atomic mass is 31.2. The predicted molar refractivity (Wildman–Crippen MR) is 229 cm³/mol. The van der Waals surface area contributed by atoms with E-state index in [9.17, 15) is 19.0 Å². The van der Waals surface area contributed by atoms with E-state index in [4.69, 9.17) is 24.3 Å². The highest BCUT2D eigenvalue weighted by molar-refractivity contribution is 7.47. The number of unbranched alkanes of at least 4 members (excludes halogenated alkanes) is 17. The maximum atomic E-state index is 12.6. The van der Waals surface area contributed by atoms with Crippen LogP contribution in [0.25, 0.3) is 0 Å². The Balaban J connectivity index is 4.27. The molecule has 0 heterocycles. The van der Waals surface area contributed by atoms with Crippen LogP contribution in [0.3, 0.4) is 0 Å². The van der Waals surface area contributed by atoms with E-state index in [1.54, 1.807) is 0 Å². The van der Waals surface area contributed by atoms with Gasteiger partial charge in [-0.2, -0.15) is 0 Å². The summed E-state index contributed by atoms with van der Waals surface area (Å²) in [4.78, 5) is 34.8. The Labute approximate surface area is 336 Å². The first kappa shape index (κ1) is 52.7. The maximum absolute atomic E-state index is 12.6. The lowest BCUT2D eigenvalue weighted by Gasteiger charge is -2.19. The molecule has 1 unspecified atom stereocenters. The Kier molecular flexibility index (Phi) is 39.6. The summed E-state index contributed by atoms with van der Waals surface area (Å²) < 4.78 is 32.7. The van der Waals surface area contributed by atoms with Crippen LogP contribution >= 0.6 is 7.82 Å². The number of hydrogen-bond acceptors (Lipinski definition) is 8. The van der Waals surface area contributed by atoms with Crippen LogP contribution in [0, 0.1) is 0 Å². The quantitative estimate of drug-likeness (QED) is 0.0269. The lowest BCUT2D eigenvalue weighted by Crippen LogP contribution is -2.29. The van der Waals surface area contributed by atoms with Gasteiger partial charge >= 0.3 is 19.8 Å². The molecule has 3 N–H and O–H groups in total. The summed E-state index contributed by atoms with van der Waals surface area (Å²) in [5.41, 5.74) is 5.34. The van der Waals surface area contributed by atoms with Gasteiger partial charge in [0.15, 0.2) is 6.10 Å². The molecule has 0 bridgehead atoms. The number of rotatable bonds is 40. The zero-order valence-electron chi connectivity index (χ0n) is 34.9. The second-order valence-corrected chi connectivity index (χ2v) is 15.7. The molecule has 0 radical (unpaired) electrons. The first-order valence-electron chi connectivity index (χ1n) is 21.8. The second-order valence-electron chi connectivity index (χ2n) is 14.2. The number of allylic oxidation sites excluding steroid dienone is 10. The van der Waals surface area contributed by atoms with Crippen molar-refractivity contribution in [2.45, 2.75) is 187 Å². The molecule has 0 amide bonds. The van der Waals surface area contributed by atoms with Gasteiger partial charge in [-0.25, -0.2) is 4.57 Å². The molecule has 9 nitrogen and oxygen atoms in total. The minimum atomic E-state index is -4.39. The number of nitrogens with two attached hydrogens (primary N) is 1. The van der Waals surface area contributed by atoms with Gasteiger partial charge in [-0.3, -0.25) is 18.6 Å². The average molecular weight is 794 g/mol. The molecule has 0 aliphatic carbocycles. The van der Waals surface area contributed by atoms with Crippen molar-refractivity contribution in [2.24, 2.45) is 5.73 Å². The summed E-state index contributed by atoms with van der Waals surface area (Å²) in [5, 5.41) is 0. The normalized spacial score (nSPS) is 13.9. The van der Waals surface area contributed by atoms with E-state index in [0.717, 1.165) is 51.4 Å². The first-order valence-corrected chi connectivity index (χ1v) is 23.3. The van der Waals surface area contributed by atoms with Crippen molar-refractivity contribution >= 4 is 19.8 Å². The topological polar surface area (TPSA) is 134 Å². The van der Waals surface area contributed by atoms with Crippen LogP contribution in [0.15, 0.2) is 60.8 Å². The van der Waals surface area contributed by atoms with Crippen molar-refractivity contribution in [2.75, 3.05) is 26.4 Å². The molecule has 0 rings (SSSR count). The Morgan fingerprint density at radius 3 is 1.53 bits per heavy atom. The van der Waals surface area contributed by atoms with E-state index in [-0.39, 0.29) is 32.6 Å². The Morgan fingerprint density at radius 1 is 0.545 bits per heavy atom. The zero-order valence-corrected chi connectivity index (χ0v) is 35.8. The van der Waals surface area contributed by atoms with Gasteiger partial charge < -0.3 is 20.1 Å². The monoisotopic (exact) mass is 794 g/mol. The van der Waals surface area contributed by atoms with Crippen molar-refractivity contribution in [3.05, 3.63) is 60.8 Å². The van der Waals surface area contributed by atoms with Crippen LogP contribution in [0.2, 0.25) is 0 Å². The maximum Gasteiger partial charge on any atom is 0.472 e. The zero-order chi connectivity index (χ0) is 40.3. The van der Waals surface area contributed by atoms with E-state index in [1.807, 2.05) is 6.08 Å². The van der Waals surface area contributed by atoms with E-state index < -0.39 is 32.5 Å². The van der Waals surface area contributed by atoms with E-state index in [0.29, 0.717) is 12.8 Å². The molecule has 0 spiro atoms. The third-order valence-corrected chi connectivity index (χ3v) is 9.87. The largest absolute Gasteiger partial charge is 0.472 e. The fraction of sp³-hybridized carbons (Fsp3) is 0.733. The lowest BCUT2D eigenvalue weighted by atomic mass is 10.1. The van der Waals surface area contributed by atoms with Gasteiger partial charge in [-0.05, 0) is 70.6 Å².